The predicted octanol–water partition coefficient (Wildman–Crippen LogP) is 3.35. The molecule has 0 spiro atoms. The van der Waals surface area contributed by atoms with Crippen LogP contribution in [0, 0.1) is 0 Å². The van der Waals surface area contributed by atoms with Crippen molar-refractivity contribution in [3.8, 4) is 5.82 Å². The van der Waals surface area contributed by atoms with Gasteiger partial charge in [-0.3, -0.25) is 4.79 Å². The molecule has 5 aromatic rings. The van der Waals surface area contributed by atoms with E-state index in [9.17, 15) is 9.90 Å². The van der Waals surface area contributed by atoms with Crippen LogP contribution in [0.1, 0.15) is 25.4 Å². The van der Waals surface area contributed by atoms with Gasteiger partial charge < -0.3 is 19.9 Å². The van der Waals surface area contributed by atoms with Crippen molar-refractivity contribution < 1.29 is 5.11 Å². The summed E-state index contributed by atoms with van der Waals surface area (Å²) in [6, 6.07) is 13.4. The summed E-state index contributed by atoms with van der Waals surface area (Å²) in [6.07, 6.45) is 7.02. The number of hydrogen-bond acceptors (Lipinski definition) is 8. The van der Waals surface area contributed by atoms with Gasteiger partial charge in [-0.1, -0.05) is 12.1 Å². The highest BCUT2D eigenvalue weighted by molar-refractivity contribution is 5.77. The Morgan fingerprint density at radius 1 is 1.10 bits per heavy atom. The van der Waals surface area contributed by atoms with E-state index in [4.69, 9.17) is 4.98 Å². The van der Waals surface area contributed by atoms with E-state index in [0.717, 1.165) is 36.8 Å². The molecular weight excluding hydrogens is 494 g/mol. The summed E-state index contributed by atoms with van der Waals surface area (Å²) < 4.78 is 5.33. The van der Waals surface area contributed by atoms with Gasteiger partial charge in [0.15, 0.2) is 11.5 Å². The van der Waals surface area contributed by atoms with Gasteiger partial charge >= 0.3 is 0 Å². The number of pyridine rings is 1. The lowest BCUT2D eigenvalue weighted by Gasteiger charge is -2.29. The van der Waals surface area contributed by atoms with E-state index in [0.29, 0.717) is 28.5 Å². The van der Waals surface area contributed by atoms with Crippen LogP contribution in [0.5, 0.6) is 0 Å². The van der Waals surface area contributed by atoms with Crippen molar-refractivity contribution >= 4 is 28.4 Å². The minimum Gasteiger partial charge on any atom is -0.384 e. The van der Waals surface area contributed by atoms with Crippen LogP contribution in [0.2, 0.25) is 0 Å². The molecule has 0 radical (unpaired) electrons. The Morgan fingerprint density at radius 3 is 2.69 bits per heavy atom. The lowest BCUT2D eigenvalue weighted by atomic mass is 10.1. The first-order valence-corrected chi connectivity index (χ1v) is 12.7. The highest BCUT2D eigenvalue weighted by atomic mass is 16.3. The van der Waals surface area contributed by atoms with Crippen molar-refractivity contribution in [2.45, 2.75) is 39.1 Å². The zero-order chi connectivity index (χ0) is 27.1. The fourth-order valence-corrected chi connectivity index (χ4v) is 4.77. The fraction of sp³-hybridized carbons (Fsp3) is 0.250. The first kappa shape index (κ1) is 24.6. The average Bonchev–Trinajstić information content (AvgIpc) is 3.51. The Hall–Kier alpha value is -4.77. The maximum atomic E-state index is 13.2. The van der Waals surface area contributed by atoms with Crippen molar-refractivity contribution in [3.63, 3.8) is 0 Å². The van der Waals surface area contributed by atoms with E-state index >= 15 is 0 Å². The molecule has 0 saturated carbocycles. The van der Waals surface area contributed by atoms with Gasteiger partial charge in [-0.25, -0.2) is 24.3 Å². The number of fused-ring (bicyclic) bond motifs is 2. The fourth-order valence-electron chi connectivity index (χ4n) is 4.77. The lowest BCUT2D eigenvalue weighted by Crippen LogP contribution is -2.33. The molecule has 2 N–H and O–H groups in total. The Balaban J connectivity index is 1.33. The second-order valence-corrected chi connectivity index (χ2v) is 9.99. The van der Waals surface area contributed by atoms with Crippen molar-refractivity contribution in [2.75, 3.05) is 16.8 Å². The van der Waals surface area contributed by atoms with Crippen molar-refractivity contribution in [1.29, 1.82) is 0 Å². The maximum Gasteiger partial charge on any atom is 0.278 e. The smallest absolute Gasteiger partial charge is 0.278 e. The molecule has 0 fully saturated rings. The van der Waals surface area contributed by atoms with Crippen molar-refractivity contribution in [2.24, 2.45) is 0 Å². The zero-order valence-corrected chi connectivity index (χ0v) is 21.8. The SMILES string of the molecule is C=CCn1c(=O)c2cnc(Nc3ccc(N4CCn5ccnc5C4)cc3)nc2n1-c1cccc(C(C)(C)O)n1. The molecule has 1 aromatic carbocycles. The molecule has 1 aliphatic rings. The number of benzene rings is 1. The third-order valence-corrected chi connectivity index (χ3v) is 6.79. The maximum absolute atomic E-state index is 13.2. The summed E-state index contributed by atoms with van der Waals surface area (Å²) in [7, 11) is 0. The monoisotopic (exact) mass is 523 g/mol. The molecule has 11 heteroatoms. The molecule has 6 rings (SSSR count). The van der Waals surface area contributed by atoms with Gasteiger partial charge in [0.25, 0.3) is 5.56 Å². The van der Waals surface area contributed by atoms with Crippen LogP contribution in [0.25, 0.3) is 16.9 Å². The Morgan fingerprint density at radius 2 is 1.92 bits per heavy atom. The molecule has 0 unspecified atom stereocenters. The van der Waals surface area contributed by atoms with Gasteiger partial charge in [-0.15, -0.1) is 6.58 Å². The number of aromatic nitrogens is 7. The third-order valence-electron chi connectivity index (χ3n) is 6.79. The van der Waals surface area contributed by atoms with E-state index < -0.39 is 5.60 Å². The molecule has 11 nitrogen and oxygen atoms in total. The Kier molecular flexibility index (Phi) is 5.99. The van der Waals surface area contributed by atoms with Crippen LogP contribution >= 0.6 is 0 Å². The second kappa shape index (κ2) is 9.52. The van der Waals surface area contributed by atoms with E-state index in [2.05, 4.69) is 48.4 Å². The normalized spacial score (nSPS) is 13.5. The van der Waals surface area contributed by atoms with E-state index in [1.165, 1.54) is 10.9 Å². The number of anilines is 3. The summed E-state index contributed by atoms with van der Waals surface area (Å²) in [5.41, 5.74) is 1.41. The Bertz CT molecular complexity index is 1720. The minimum atomic E-state index is -1.15. The first-order valence-electron chi connectivity index (χ1n) is 12.7. The first-order chi connectivity index (χ1) is 18.8. The number of allylic oxidation sites excluding steroid dienone is 1. The van der Waals surface area contributed by atoms with Crippen LogP contribution in [0.15, 0.2) is 78.5 Å². The van der Waals surface area contributed by atoms with Crippen LogP contribution in [-0.4, -0.2) is 45.5 Å². The van der Waals surface area contributed by atoms with Crippen LogP contribution in [0.3, 0.4) is 0 Å². The number of nitrogens with zero attached hydrogens (tertiary/aromatic N) is 8. The zero-order valence-electron chi connectivity index (χ0n) is 21.8. The second-order valence-electron chi connectivity index (χ2n) is 9.99. The van der Waals surface area contributed by atoms with Gasteiger partial charge in [0, 0.05) is 43.1 Å². The van der Waals surface area contributed by atoms with E-state index in [-0.39, 0.29) is 12.1 Å². The van der Waals surface area contributed by atoms with Crippen molar-refractivity contribution in [1.82, 2.24) is 33.9 Å². The van der Waals surface area contributed by atoms with Crippen LogP contribution < -0.4 is 15.8 Å². The predicted molar refractivity (Wildman–Crippen MR) is 149 cm³/mol. The third kappa shape index (κ3) is 4.57. The number of hydrogen-bond donors (Lipinski definition) is 2. The van der Waals surface area contributed by atoms with E-state index in [1.807, 2.05) is 24.5 Å². The van der Waals surface area contributed by atoms with Gasteiger partial charge in [0.2, 0.25) is 5.95 Å². The highest BCUT2D eigenvalue weighted by Crippen LogP contribution is 2.25. The lowest BCUT2D eigenvalue weighted by molar-refractivity contribution is 0.0738. The summed E-state index contributed by atoms with van der Waals surface area (Å²) in [5.74, 6) is 1.86. The average molecular weight is 524 g/mol. The summed E-state index contributed by atoms with van der Waals surface area (Å²) in [5, 5.41) is 14.1. The summed E-state index contributed by atoms with van der Waals surface area (Å²) in [6.45, 7) is 9.96. The molecule has 4 aromatic heterocycles. The topological polar surface area (TPSA) is 119 Å². The van der Waals surface area contributed by atoms with Crippen LogP contribution in [-0.2, 0) is 25.2 Å². The molecule has 0 bridgehead atoms. The molecule has 0 saturated heterocycles. The summed E-state index contributed by atoms with van der Waals surface area (Å²) in [4.78, 5) is 33.7. The number of aliphatic hydroxyl groups is 1. The minimum absolute atomic E-state index is 0.251. The van der Waals surface area contributed by atoms with Gasteiger partial charge in [-0.2, -0.15) is 4.98 Å². The number of nitrogens with one attached hydrogen (secondary N) is 1. The van der Waals surface area contributed by atoms with E-state index in [1.54, 1.807) is 42.8 Å². The number of rotatable bonds is 7. The Labute approximate surface area is 224 Å². The molecule has 0 aliphatic carbocycles. The quantitative estimate of drug-likeness (QED) is 0.312. The standard InChI is InChI=1S/C28H29N9O2/c1-4-13-36-26(38)21-17-30-27(33-25(21)37(36)23-7-5-6-22(32-23)28(2,3)39)31-19-8-10-20(11-9-19)35-16-15-34-14-12-29-24(34)18-35/h4-12,14,17,39H,1,13,15-16,18H2,2-3H3,(H,30,31,33). The number of imidazole rings is 1. The molecule has 5 heterocycles. The van der Waals surface area contributed by atoms with Crippen LogP contribution in [0.4, 0.5) is 17.3 Å². The molecule has 0 atom stereocenters. The summed E-state index contributed by atoms with van der Waals surface area (Å²) >= 11 is 0. The molecule has 39 heavy (non-hydrogen) atoms. The molecular formula is C28H29N9O2. The van der Waals surface area contributed by atoms with Gasteiger partial charge in [0.05, 0.1) is 18.8 Å². The molecule has 198 valence electrons. The van der Waals surface area contributed by atoms with Crippen molar-refractivity contribution in [3.05, 3.63) is 95.6 Å². The highest BCUT2D eigenvalue weighted by Gasteiger charge is 2.22. The molecule has 0 amide bonds. The van der Waals surface area contributed by atoms with Gasteiger partial charge in [-0.05, 0) is 50.2 Å². The van der Waals surface area contributed by atoms with Gasteiger partial charge in [0.1, 0.15) is 16.8 Å². The molecule has 1 aliphatic heterocycles. The largest absolute Gasteiger partial charge is 0.384 e.